The van der Waals surface area contributed by atoms with Crippen molar-refractivity contribution in [3.63, 3.8) is 0 Å². The van der Waals surface area contributed by atoms with E-state index in [0.29, 0.717) is 18.7 Å². The van der Waals surface area contributed by atoms with Crippen molar-refractivity contribution in [2.75, 3.05) is 17.1 Å². The van der Waals surface area contributed by atoms with Crippen LogP contribution in [0.4, 0.5) is 5.69 Å². The van der Waals surface area contributed by atoms with Gasteiger partial charge in [-0.15, -0.1) is 0 Å². The summed E-state index contributed by atoms with van der Waals surface area (Å²) in [5, 5.41) is 3.12. The Balaban J connectivity index is 1.73. The van der Waals surface area contributed by atoms with E-state index < -0.39 is 16.1 Å². The molecule has 0 spiro atoms. The van der Waals surface area contributed by atoms with Crippen molar-refractivity contribution in [3.05, 3.63) is 64.7 Å². The van der Waals surface area contributed by atoms with Crippen molar-refractivity contribution in [3.8, 4) is 0 Å². The van der Waals surface area contributed by atoms with E-state index in [1.807, 2.05) is 57.2 Å². The van der Waals surface area contributed by atoms with Crippen molar-refractivity contribution in [1.82, 2.24) is 10.2 Å². The number of benzene rings is 2. The minimum atomic E-state index is -3.53. The molecule has 3 rings (SSSR count). The summed E-state index contributed by atoms with van der Waals surface area (Å²) in [6.45, 7) is 8.15. The second-order valence-corrected chi connectivity index (χ2v) is 12.2. The first-order valence-corrected chi connectivity index (χ1v) is 15.0. The second kappa shape index (κ2) is 12.6. The number of hydrogen-bond acceptors (Lipinski definition) is 4. The second-order valence-electron chi connectivity index (χ2n) is 10.3. The molecule has 2 aromatic rings. The molecule has 0 unspecified atom stereocenters. The topological polar surface area (TPSA) is 86.8 Å². The highest BCUT2D eigenvalue weighted by atomic mass is 32.2. The average Bonchev–Trinajstić information content (AvgIpc) is 3.35. The van der Waals surface area contributed by atoms with Crippen molar-refractivity contribution < 1.29 is 18.0 Å². The molecule has 0 heterocycles. The van der Waals surface area contributed by atoms with Crippen molar-refractivity contribution >= 4 is 27.5 Å². The van der Waals surface area contributed by atoms with E-state index in [4.69, 9.17) is 0 Å². The number of anilines is 1. The smallest absolute Gasteiger partial charge is 0.242 e. The van der Waals surface area contributed by atoms with Crippen LogP contribution in [-0.4, -0.2) is 50.0 Å². The van der Waals surface area contributed by atoms with Crippen molar-refractivity contribution in [1.29, 1.82) is 0 Å². The van der Waals surface area contributed by atoms with Crippen LogP contribution < -0.4 is 9.62 Å². The molecule has 1 aliphatic carbocycles. The molecule has 1 N–H and O–H groups in total. The molecule has 37 heavy (non-hydrogen) atoms. The molecular formula is C29H41N3O4S. The van der Waals surface area contributed by atoms with Crippen LogP contribution in [0.3, 0.4) is 0 Å². The number of nitrogens with one attached hydrogen (secondary N) is 1. The Morgan fingerprint density at radius 1 is 1.03 bits per heavy atom. The number of sulfonamides is 1. The maximum atomic E-state index is 13.5. The lowest BCUT2D eigenvalue weighted by Crippen LogP contribution is -2.49. The van der Waals surface area contributed by atoms with Crippen LogP contribution >= 0.6 is 0 Å². The van der Waals surface area contributed by atoms with Gasteiger partial charge in [0.25, 0.3) is 0 Å². The normalized spacial score (nSPS) is 14.8. The molecule has 0 aromatic heterocycles. The molecule has 0 aliphatic heterocycles. The molecule has 1 saturated carbocycles. The Morgan fingerprint density at radius 3 is 2.30 bits per heavy atom. The van der Waals surface area contributed by atoms with Gasteiger partial charge in [-0.3, -0.25) is 13.9 Å². The van der Waals surface area contributed by atoms with Crippen molar-refractivity contribution in [2.24, 2.45) is 0 Å². The highest BCUT2D eigenvalue weighted by Gasteiger charge is 2.29. The fourth-order valence-corrected chi connectivity index (χ4v) is 5.87. The quantitative estimate of drug-likeness (QED) is 0.461. The lowest BCUT2D eigenvalue weighted by molar-refractivity contribution is -0.141. The summed E-state index contributed by atoms with van der Waals surface area (Å²) in [6.07, 6.45) is 5.86. The predicted octanol–water partition coefficient (Wildman–Crippen LogP) is 4.63. The molecule has 7 nitrogen and oxygen atoms in total. The first-order chi connectivity index (χ1) is 17.5. The third kappa shape index (κ3) is 7.81. The van der Waals surface area contributed by atoms with Crippen LogP contribution in [0.1, 0.15) is 67.7 Å². The molecular weight excluding hydrogens is 486 g/mol. The van der Waals surface area contributed by atoms with Gasteiger partial charge in [-0.2, -0.15) is 0 Å². The number of hydrogen-bond donors (Lipinski definition) is 1. The number of amides is 2. The summed E-state index contributed by atoms with van der Waals surface area (Å²) in [7, 11) is -3.53. The number of carbonyl (C=O) groups is 2. The summed E-state index contributed by atoms with van der Waals surface area (Å²) < 4.78 is 26.6. The first kappa shape index (κ1) is 28.7. The zero-order valence-electron chi connectivity index (χ0n) is 22.8. The third-order valence-electron chi connectivity index (χ3n) is 7.34. The molecule has 8 heteroatoms. The van der Waals surface area contributed by atoms with E-state index in [9.17, 15) is 18.0 Å². The van der Waals surface area contributed by atoms with Gasteiger partial charge in [0.15, 0.2) is 0 Å². The highest BCUT2D eigenvalue weighted by molar-refractivity contribution is 7.92. The maximum Gasteiger partial charge on any atom is 0.242 e. The lowest BCUT2D eigenvalue weighted by atomic mass is 10.1. The lowest BCUT2D eigenvalue weighted by Gasteiger charge is -2.30. The largest absolute Gasteiger partial charge is 0.352 e. The van der Waals surface area contributed by atoms with Gasteiger partial charge in [0.2, 0.25) is 21.8 Å². The van der Waals surface area contributed by atoms with Crippen molar-refractivity contribution in [2.45, 2.75) is 84.8 Å². The van der Waals surface area contributed by atoms with E-state index in [1.54, 1.807) is 17.9 Å². The molecule has 1 aliphatic rings. The van der Waals surface area contributed by atoms with Crippen LogP contribution in [0.15, 0.2) is 42.5 Å². The average molecular weight is 528 g/mol. The van der Waals surface area contributed by atoms with Gasteiger partial charge in [-0.25, -0.2) is 8.42 Å². The van der Waals surface area contributed by atoms with Gasteiger partial charge in [-0.05, 0) is 69.7 Å². The van der Waals surface area contributed by atoms with Crippen LogP contribution in [0.5, 0.6) is 0 Å². The van der Waals surface area contributed by atoms with Crippen LogP contribution in [-0.2, 0) is 26.2 Å². The summed E-state index contributed by atoms with van der Waals surface area (Å²) in [4.78, 5) is 28.2. The van der Waals surface area contributed by atoms with Gasteiger partial charge in [0.1, 0.15) is 6.04 Å². The van der Waals surface area contributed by atoms with Gasteiger partial charge in [-0.1, -0.05) is 54.8 Å². The van der Waals surface area contributed by atoms with Gasteiger partial charge >= 0.3 is 0 Å². The summed E-state index contributed by atoms with van der Waals surface area (Å²) in [5.74, 6) is -0.301. The minimum Gasteiger partial charge on any atom is -0.352 e. The molecule has 0 saturated heterocycles. The fraction of sp³-hybridized carbons (Fsp3) is 0.517. The molecule has 0 bridgehead atoms. The SMILES string of the molecule is Cc1ccc(CN(C(=O)CCCN(c2cccc(C)c2C)S(C)(=O)=O)[C@H](C)C(=O)NC2CCCC2)cc1. The Kier molecular flexibility index (Phi) is 9.76. The van der Waals surface area contributed by atoms with Crippen LogP contribution in [0, 0.1) is 20.8 Å². The van der Waals surface area contributed by atoms with Gasteiger partial charge in [0.05, 0.1) is 11.9 Å². The van der Waals surface area contributed by atoms with Crippen LogP contribution in [0.2, 0.25) is 0 Å². The van der Waals surface area contributed by atoms with Crippen LogP contribution in [0.25, 0.3) is 0 Å². The molecule has 1 atom stereocenters. The predicted molar refractivity (Wildman–Crippen MR) is 149 cm³/mol. The Hall–Kier alpha value is -2.87. The van der Waals surface area contributed by atoms with E-state index in [-0.39, 0.29) is 30.8 Å². The Morgan fingerprint density at radius 2 is 1.68 bits per heavy atom. The maximum absolute atomic E-state index is 13.5. The Labute approximate surface area is 222 Å². The summed E-state index contributed by atoms with van der Waals surface area (Å²) in [5.41, 5.74) is 4.62. The van der Waals surface area contributed by atoms with Gasteiger partial charge < -0.3 is 10.2 Å². The molecule has 202 valence electrons. The standard InChI is InChI=1S/C29H41N3O4S/c1-21-15-17-25(18-16-21)20-31(24(4)29(34)30-26-11-6-7-12-26)28(33)14-9-19-32(37(5,35)36)27-13-8-10-22(2)23(27)3/h8,10,13,15-18,24,26H,6-7,9,11-12,14,19-20H2,1-5H3,(H,30,34)/t24-/m1/s1. The zero-order chi connectivity index (χ0) is 27.2. The van der Waals surface area contributed by atoms with Gasteiger partial charge in [0, 0.05) is 25.6 Å². The van der Waals surface area contributed by atoms with E-state index in [2.05, 4.69) is 5.32 Å². The first-order valence-electron chi connectivity index (χ1n) is 13.2. The highest BCUT2D eigenvalue weighted by Crippen LogP contribution is 2.26. The minimum absolute atomic E-state index is 0.138. The number of rotatable bonds is 11. The zero-order valence-corrected chi connectivity index (χ0v) is 23.6. The fourth-order valence-electron chi connectivity index (χ4n) is 4.85. The summed E-state index contributed by atoms with van der Waals surface area (Å²) in [6, 6.07) is 13.1. The van der Waals surface area contributed by atoms with E-state index >= 15 is 0 Å². The van der Waals surface area contributed by atoms with E-state index in [1.165, 1.54) is 10.6 Å². The number of aryl methyl sites for hydroxylation is 2. The van der Waals surface area contributed by atoms with E-state index in [0.717, 1.165) is 47.9 Å². The number of nitrogens with zero attached hydrogens (tertiary/aromatic N) is 2. The molecule has 2 aromatic carbocycles. The summed E-state index contributed by atoms with van der Waals surface area (Å²) >= 11 is 0. The Bertz CT molecular complexity index is 1190. The molecule has 0 radical (unpaired) electrons. The number of carbonyl (C=O) groups excluding carboxylic acids is 2. The monoisotopic (exact) mass is 527 g/mol. The third-order valence-corrected chi connectivity index (χ3v) is 8.52. The molecule has 1 fully saturated rings. The molecule has 2 amide bonds.